The Labute approximate surface area is 99.7 Å². The number of nitrogen functional groups attached to an aromatic ring is 1. The molecule has 1 aromatic carbocycles. The van der Waals surface area contributed by atoms with Crippen LogP contribution in [0.4, 0.5) is 17.2 Å². The van der Waals surface area contributed by atoms with Gasteiger partial charge in [-0.15, -0.1) is 0 Å². The second-order valence-electron chi connectivity index (χ2n) is 3.41. The van der Waals surface area contributed by atoms with Crippen molar-refractivity contribution in [2.45, 2.75) is 6.92 Å². The van der Waals surface area contributed by atoms with Crippen LogP contribution < -0.4 is 15.8 Å². The predicted molar refractivity (Wildman–Crippen MR) is 67.3 cm³/mol. The third kappa shape index (κ3) is 2.84. The topological polar surface area (TPSA) is 73.1 Å². The minimum absolute atomic E-state index is 0.509. The summed E-state index contributed by atoms with van der Waals surface area (Å²) < 4.78 is 5.41. The molecule has 1 heterocycles. The number of hydrogen-bond acceptors (Lipinski definition) is 5. The van der Waals surface area contributed by atoms with E-state index in [4.69, 9.17) is 10.5 Å². The maximum absolute atomic E-state index is 5.75. The van der Waals surface area contributed by atoms with E-state index >= 15 is 0 Å². The number of anilines is 3. The molecule has 0 aliphatic rings. The molecule has 0 saturated carbocycles. The minimum Gasteiger partial charge on any atom is -0.494 e. The summed E-state index contributed by atoms with van der Waals surface area (Å²) in [4.78, 5) is 7.89. The van der Waals surface area contributed by atoms with Crippen molar-refractivity contribution in [1.82, 2.24) is 9.97 Å². The van der Waals surface area contributed by atoms with Crippen LogP contribution in [0, 0.1) is 0 Å². The van der Waals surface area contributed by atoms with Gasteiger partial charge in [0.25, 0.3) is 0 Å². The molecule has 17 heavy (non-hydrogen) atoms. The lowest BCUT2D eigenvalue weighted by atomic mass is 10.3. The van der Waals surface area contributed by atoms with Gasteiger partial charge < -0.3 is 15.8 Å². The van der Waals surface area contributed by atoms with Crippen LogP contribution in [0.2, 0.25) is 0 Å². The molecule has 2 aromatic rings. The zero-order valence-electron chi connectivity index (χ0n) is 9.55. The number of nitrogens with zero attached hydrogens (tertiary/aromatic N) is 2. The van der Waals surface area contributed by atoms with Crippen LogP contribution in [0.15, 0.2) is 36.8 Å². The highest BCUT2D eigenvalue weighted by molar-refractivity contribution is 5.68. The third-order valence-electron chi connectivity index (χ3n) is 2.15. The first kappa shape index (κ1) is 11.2. The monoisotopic (exact) mass is 230 g/mol. The Morgan fingerprint density at radius 3 is 3.06 bits per heavy atom. The zero-order valence-corrected chi connectivity index (χ0v) is 9.55. The molecule has 5 nitrogen and oxygen atoms in total. The van der Waals surface area contributed by atoms with Gasteiger partial charge in [0.1, 0.15) is 12.1 Å². The summed E-state index contributed by atoms with van der Waals surface area (Å²) in [5.74, 6) is 1.40. The SMILES string of the molecule is CCOc1cccc(Nc2ncncc2N)c1. The molecule has 5 heteroatoms. The molecule has 88 valence electrons. The quantitative estimate of drug-likeness (QED) is 0.842. The lowest BCUT2D eigenvalue weighted by Gasteiger charge is -2.09. The first-order valence-electron chi connectivity index (χ1n) is 5.35. The lowest BCUT2D eigenvalue weighted by Crippen LogP contribution is -2.00. The van der Waals surface area contributed by atoms with E-state index in [2.05, 4.69) is 15.3 Å². The summed E-state index contributed by atoms with van der Waals surface area (Å²) in [5, 5.41) is 3.11. The summed E-state index contributed by atoms with van der Waals surface area (Å²) in [6.07, 6.45) is 3.01. The van der Waals surface area contributed by atoms with Crippen molar-refractivity contribution < 1.29 is 4.74 Å². The fourth-order valence-electron chi connectivity index (χ4n) is 1.41. The van der Waals surface area contributed by atoms with Crippen LogP contribution in [0.1, 0.15) is 6.92 Å². The van der Waals surface area contributed by atoms with Crippen molar-refractivity contribution in [3.05, 3.63) is 36.8 Å². The summed E-state index contributed by atoms with van der Waals surface area (Å²) in [7, 11) is 0. The average Bonchev–Trinajstić information content (AvgIpc) is 2.33. The molecule has 0 unspecified atom stereocenters. The van der Waals surface area contributed by atoms with Crippen molar-refractivity contribution in [1.29, 1.82) is 0 Å². The van der Waals surface area contributed by atoms with Gasteiger partial charge in [0.2, 0.25) is 0 Å². The van der Waals surface area contributed by atoms with Crippen molar-refractivity contribution in [2.75, 3.05) is 17.7 Å². The van der Waals surface area contributed by atoms with Gasteiger partial charge in [-0.05, 0) is 19.1 Å². The summed E-state index contributed by atoms with van der Waals surface area (Å²) in [6, 6.07) is 7.62. The van der Waals surface area contributed by atoms with Crippen molar-refractivity contribution >= 4 is 17.2 Å². The summed E-state index contributed by atoms with van der Waals surface area (Å²) >= 11 is 0. The van der Waals surface area contributed by atoms with E-state index in [1.165, 1.54) is 6.33 Å². The molecule has 0 radical (unpaired) electrons. The molecule has 0 atom stereocenters. The van der Waals surface area contributed by atoms with Gasteiger partial charge in [-0.25, -0.2) is 9.97 Å². The lowest BCUT2D eigenvalue weighted by molar-refractivity contribution is 0.340. The van der Waals surface area contributed by atoms with Crippen molar-refractivity contribution in [2.24, 2.45) is 0 Å². The number of benzene rings is 1. The van der Waals surface area contributed by atoms with Gasteiger partial charge in [-0.1, -0.05) is 6.07 Å². The Bertz CT molecular complexity index is 501. The molecule has 0 bridgehead atoms. The second-order valence-corrected chi connectivity index (χ2v) is 3.41. The van der Waals surface area contributed by atoms with Gasteiger partial charge in [0.05, 0.1) is 18.5 Å². The van der Waals surface area contributed by atoms with E-state index in [9.17, 15) is 0 Å². The Morgan fingerprint density at radius 1 is 1.41 bits per heavy atom. The molecule has 3 N–H and O–H groups in total. The van der Waals surface area contributed by atoms with Crippen LogP contribution >= 0.6 is 0 Å². The molecule has 0 amide bonds. The fourth-order valence-corrected chi connectivity index (χ4v) is 1.41. The van der Waals surface area contributed by atoms with Crippen molar-refractivity contribution in [3.8, 4) is 5.75 Å². The molecule has 0 spiro atoms. The Hall–Kier alpha value is -2.30. The zero-order chi connectivity index (χ0) is 12.1. The van der Waals surface area contributed by atoms with Gasteiger partial charge >= 0.3 is 0 Å². The van der Waals surface area contributed by atoms with E-state index in [-0.39, 0.29) is 0 Å². The number of aromatic nitrogens is 2. The molecule has 0 aliphatic heterocycles. The number of nitrogens with two attached hydrogens (primary N) is 1. The van der Waals surface area contributed by atoms with Gasteiger partial charge in [-0.2, -0.15) is 0 Å². The number of ether oxygens (including phenoxy) is 1. The van der Waals surface area contributed by atoms with E-state index < -0.39 is 0 Å². The van der Waals surface area contributed by atoms with E-state index in [0.29, 0.717) is 18.1 Å². The second kappa shape index (κ2) is 5.16. The van der Waals surface area contributed by atoms with Crippen LogP contribution in [-0.4, -0.2) is 16.6 Å². The molecule has 0 aliphatic carbocycles. The smallest absolute Gasteiger partial charge is 0.157 e. The van der Waals surface area contributed by atoms with Gasteiger partial charge in [0, 0.05) is 11.8 Å². The molecular weight excluding hydrogens is 216 g/mol. The fraction of sp³-hybridized carbons (Fsp3) is 0.167. The van der Waals surface area contributed by atoms with E-state index in [1.54, 1.807) is 6.20 Å². The normalized spacial score (nSPS) is 9.94. The van der Waals surface area contributed by atoms with Crippen molar-refractivity contribution in [3.63, 3.8) is 0 Å². The van der Waals surface area contributed by atoms with Crippen LogP contribution in [0.25, 0.3) is 0 Å². The first-order valence-corrected chi connectivity index (χ1v) is 5.35. The molecule has 2 rings (SSSR count). The maximum atomic E-state index is 5.75. The largest absolute Gasteiger partial charge is 0.494 e. The third-order valence-corrected chi connectivity index (χ3v) is 2.15. The van der Waals surface area contributed by atoms with E-state index in [0.717, 1.165) is 11.4 Å². The van der Waals surface area contributed by atoms with E-state index in [1.807, 2.05) is 31.2 Å². The number of hydrogen-bond donors (Lipinski definition) is 2. The highest BCUT2D eigenvalue weighted by atomic mass is 16.5. The summed E-state index contributed by atoms with van der Waals surface area (Å²) in [6.45, 7) is 2.58. The average molecular weight is 230 g/mol. The van der Waals surface area contributed by atoms with Crippen LogP contribution in [0.5, 0.6) is 5.75 Å². The Morgan fingerprint density at radius 2 is 2.29 bits per heavy atom. The standard InChI is InChI=1S/C12H14N4O/c1-2-17-10-5-3-4-9(6-10)16-12-11(13)7-14-8-15-12/h3-8H,2,13H2,1H3,(H,14,15,16). The van der Waals surface area contributed by atoms with Gasteiger partial charge in [-0.3, -0.25) is 0 Å². The highest BCUT2D eigenvalue weighted by Gasteiger charge is 2.01. The number of rotatable bonds is 4. The maximum Gasteiger partial charge on any atom is 0.157 e. The number of nitrogens with one attached hydrogen (secondary N) is 1. The van der Waals surface area contributed by atoms with Crippen LogP contribution in [0.3, 0.4) is 0 Å². The minimum atomic E-state index is 0.509. The highest BCUT2D eigenvalue weighted by Crippen LogP contribution is 2.22. The summed E-state index contributed by atoms with van der Waals surface area (Å²) in [5.41, 5.74) is 7.13. The Kier molecular flexibility index (Phi) is 3.40. The predicted octanol–water partition coefficient (Wildman–Crippen LogP) is 2.20. The molecular formula is C12H14N4O. The van der Waals surface area contributed by atoms with Crippen LogP contribution in [-0.2, 0) is 0 Å². The first-order chi connectivity index (χ1) is 8.29. The Balaban J connectivity index is 2.18. The van der Waals surface area contributed by atoms with Gasteiger partial charge in [0.15, 0.2) is 5.82 Å². The molecule has 0 fully saturated rings. The molecule has 0 saturated heterocycles. The molecule has 1 aromatic heterocycles.